The van der Waals surface area contributed by atoms with Gasteiger partial charge in [0, 0.05) is 4.90 Å². The number of nitrogens with zero attached hydrogens (tertiary/aromatic N) is 2. The van der Waals surface area contributed by atoms with Crippen LogP contribution < -0.4 is 11.1 Å². The summed E-state index contributed by atoms with van der Waals surface area (Å²) in [4.78, 5) is 9.74. The summed E-state index contributed by atoms with van der Waals surface area (Å²) in [6, 6.07) is 5.54. The molecule has 0 unspecified atom stereocenters. The molecule has 0 aliphatic rings. The summed E-state index contributed by atoms with van der Waals surface area (Å²) in [5.41, 5.74) is 4.62. The second-order valence-electron chi connectivity index (χ2n) is 4.08. The lowest BCUT2D eigenvalue weighted by Crippen LogP contribution is -2.53. The number of anilines is 1. The fourth-order valence-electron chi connectivity index (χ4n) is 1.54. The average molecular weight is 330 g/mol. The number of nitrogens with one attached hydrogen (secondary N) is 1. The standard InChI is InChI=1S/C13H14Cl2N4S/c1-8-13(18-7-11(19-8)17-6-5-16)20-10-4-2-3-9(14)12(10)15/h2-4,7H,5-6,16H2,1H3,(H,17,19)/p+1. The zero-order chi connectivity index (χ0) is 14.5. The monoisotopic (exact) mass is 329 g/mol. The molecule has 0 saturated carbocycles. The molecule has 1 aromatic carbocycles. The molecule has 0 amide bonds. The molecule has 0 bridgehead atoms. The molecule has 0 aliphatic carbocycles. The van der Waals surface area contributed by atoms with Crippen LogP contribution in [-0.2, 0) is 0 Å². The van der Waals surface area contributed by atoms with E-state index in [0.29, 0.717) is 10.0 Å². The molecular formula is C13H15Cl2N4S+. The van der Waals surface area contributed by atoms with Crippen molar-refractivity contribution in [2.75, 3.05) is 18.4 Å². The number of aryl methyl sites for hydroxylation is 1. The number of aromatic nitrogens is 2. The van der Waals surface area contributed by atoms with Crippen LogP contribution in [0.2, 0.25) is 10.0 Å². The smallest absolute Gasteiger partial charge is 0.145 e. The largest absolute Gasteiger partial charge is 0.363 e. The van der Waals surface area contributed by atoms with Crippen molar-refractivity contribution in [3.63, 3.8) is 0 Å². The Labute approximate surface area is 132 Å². The molecule has 1 heterocycles. The Morgan fingerprint density at radius 1 is 1.35 bits per heavy atom. The molecular weight excluding hydrogens is 315 g/mol. The molecule has 2 rings (SSSR count). The Bertz CT molecular complexity index is 607. The Morgan fingerprint density at radius 2 is 2.15 bits per heavy atom. The maximum Gasteiger partial charge on any atom is 0.145 e. The fourth-order valence-corrected chi connectivity index (χ4v) is 2.86. The van der Waals surface area contributed by atoms with E-state index in [1.807, 2.05) is 19.1 Å². The van der Waals surface area contributed by atoms with Gasteiger partial charge in [-0.15, -0.1) is 0 Å². The average Bonchev–Trinajstić information content (AvgIpc) is 2.44. The summed E-state index contributed by atoms with van der Waals surface area (Å²) < 4.78 is 0. The SMILES string of the molecule is Cc1nc(NCC[NH3+])cnc1Sc1cccc(Cl)c1Cl. The number of hydrogen-bond acceptors (Lipinski definition) is 4. The first-order valence-electron chi connectivity index (χ1n) is 6.10. The van der Waals surface area contributed by atoms with E-state index in [1.54, 1.807) is 12.3 Å². The second kappa shape index (κ2) is 7.13. The van der Waals surface area contributed by atoms with Gasteiger partial charge in [-0.1, -0.05) is 41.0 Å². The molecule has 0 spiro atoms. The molecule has 106 valence electrons. The van der Waals surface area contributed by atoms with Gasteiger partial charge in [0.25, 0.3) is 0 Å². The molecule has 0 radical (unpaired) electrons. The quantitative estimate of drug-likeness (QED) is 0.885. The van der Waals surface area contributed by atoms with E-state index < -0.39 is 0 Å². The lowest BCUT2D eigenvalue weighted by atomic mass is 10.4. The molecule has 1 aromatic heterocycles. The van der Waals surface area contributed by atoms with E-state index in [0.717, 1.165) is 34.5 Å². The van der Waals surface area contributed by atoms with Crippen LogP contribution in [0.5, 0.6) is 0 Å². The Kier molecular flexibility index (Phi) is 5.48. The van der Waals surface area contributed by atoms with E-state index in [9.17, 15) is 0 Å². The van der Waals surface area contributed by atoms with Crippen LogP contribution in [0.1, 0.15) is 5.69 Å². The first-order chi connectivity index (χ1) is 9.61. The first kappa shape index (κ1) is 15.4. The predicted molar refractivity (Wildman–Crippen MR) is 83.6 cm³/mol. The molecule has 7 heteroatoms. The lowest BCUT2D eigenvalue weighted by Gasteiger charge is -2.08. The van der Waals surface area contributed by atoms with Crippen molar-refractivity contribution in [3.05, 3.63) is 40.1 Å². The number of halogens is 2. The third-order valence-corrected chi connectivity index (χ3v) is 4.59. The summed E-state index contributed by atoms with van der Waals surface area (Å²) >= 11 is 13.6. The Hall–Kier alpha value is -1.01. The second-order valence-corrected chi connectivity index (χ2v) is 5.90. The molecule has 4 nitrogen and oxygen atoms in total. The van der Waals surface area contributed by atoms with Crippen molar-refractivity contribution in [2.45, 2.75) is 16.8 Å². The van der Waals surface area contributed by atoms with Gasteiger partial charge in [-0.05, 0) is 19.1 Å². The summed E-state index contributed by atoms with van der Waals surface area (Å²) in [6.07, 6.45) is 1.71. The van der Waals surface area contributed by atoms with Gasteiger partial charge < -0.3 is 11.1 Å². The number of hydrogen-bond donors (Lipinski definition) is 2. The zero-order valence-corrected chi connectivity index (χ0v) is 13.3. The number of rotatable bonds is 5. The van der Waals surface area contributed by atoms with Gasteiger partial charge in [-0.3, -0.25) is 0 Å². The van der Waals surface area contributed by atoms with Crippen LogP contribution in [0.25, 0.3) is 0 Å². The van der Waals surface area contributed by atoms with E-state index in [4.69, 9.17) is 23.2 Å². The number of benzene rings is 1. The van der Waals surface area contributed by atoms with Crippen LogP contribution in [0.15, 0.2) is 34.3 Å². The third kappa shape index (κ3) is 3.76. The summed E-state index contributed by atoms with van der Waals surface area (Å²) in [5, 5.41) is 5.05. The van der Waals surface area contributed by atoms with E-state index >= 15 is 0 Å². The van der Waals surface area contributed by atoms with Crippen LogP contribution in [0.3, 0.4) is 0 Å². The van der Waals surface area contributed by atoms with Crippen molar-refractivity contribution in [1.29, 1.82) is 0 Å². The molecule has 20 heavy (non-hydrogen) atoms. The highest BCUT2D eigenvalue weighted by atomic mass is 35.5. The van der Waals surface area contributed by atoms with Crippen molar-refractivity contribution < 1.29 is 5.73 Å². The maximum absolute atomic E-state index is 6.18. The van der Waals surface area contributed by atoms with E-state index in [2.05, 4.69) is 21.0 Å². The molecule has 4 N–H and O–H groups in total. The van der Waals surface area contributed by atoms with Crippen molar-refractivity contribution in [1.82, 2.24) is 9.97 Å². The van der Waals surface area contributed by atoms with Crippen molar-refractivity contribution in [2.24, 2.45) is 0 Å². The normalized spacial score (nSPS) is 10.6. The topological polar surface area (TPSA) is 65.5 Å². The van der Waals surface area contributed by atoms with Gasteiger partial charge >= 0.3 is 0 Å². The van der Waals surface area contributed by atoms with Crippen molar-refractivity contribution in [3.8, 4) is 0 Å². The van der Waals surface area contributed by atoms with Gasteiger partial charge in [0.15, 0.2) is 0 Å². The molecule has 0 atom stereocenters. The minimum atomic E-state index is 0.538. The molecule has 2 aromatic rings. The van der Waals surface area contributed by atoms with Gasteiger partial charge in [-0.25, -0.2) is 9.97 Å². The van der Waals surface area contributed by atoms with Gasteiger partial charge in [0.1, 0.15) is 10.8 Å². The highest BCUT2D eigenvalue weighted by molar-refractivity contribution is 7.99. The predicted octanol–water partition coefficient (Wildman–Crippen LogP) is 2.90. The third-order valence-electron chi connectivity index (χ3n) is 2.51. The molecule has 0 aliphatic heterocycles. The minimum Gasteiger partial charge on any atom is -0.363 e. The maximum atomic E-state index is 6.18. The highest BCUT2D eigenvalue weighted by Gasteiger charge is 2.10. The van der Waals surface area contributed by atoms with Gasteiger partial charge in [-0.2, -0.15) is 0 Å². The Morgan fingerprint density at radius 3 is 2.85 bits per heavy atom. The van der Waals surface area contributed by atoms with Crippen LogP contribution in [0.4, 0.5) is 5.82 Å². The summed E-state index contributed by atoms with van der Waals surface area (Å²) in [5.74, 6) is 0.757. The zero-order valence-electron chi connectivity index (χ0n) is 11.0. The van der Waals surface area contributed by atoms with Gasteiger partial charge in [0.2, 0.25) is 0 Å². The van der Waals surface area contributed by atoms with Gasteiger partial charge in [0.05, 0.1) is 35.0 Å². The molecule has 0 fully saturated rings. The summed E-state index contributed by atoms with van der Waals surface area (Å²) in [7, 11) is 0. The fraction of sp³-hybridized carbons (Fsp3) is 0.231. The van der Waals surface area contributed by atoms with Crippen molar-refractivity contribution >= 4 is 40.8 Å². The van der Waals surface area contributed by atoms with Crippen LogP contribution in [0, 0.1) is 6.92 Å². The number of quaternary nitrogens is 1. The van der Waals surface area contributed by atoms with E-state index in [-0.39, 0.29) is 0 Å². The lowest BCUT2D eigenvalue weighted by molar-refractivity contribution is -0.362. The highest BCUT2D eigenvalue weighted by Crippen LogP contribution is 2.37. The van der Waals surface area contributed by atoms with E-state index in [1.165, 1.54) is 11.8 Å². The van der Waals surface area contributed by atoms with Crippen LogP contribution in [-0.4, -0.2) is 23.1 Å². The summed E-state index contributed by atoms with van der Waals surface area (Å²) in [6.45, 7) is 3.50. The Balaban J connectivity index is 2.19. The van der Waals surface area contributed by atoms with Crippen LogP contribution >= 0.6 is 35.0 Å². The first-order valence-corrected chi connectivity index (χ1v) is 7.67. The molecule has 0 saturated heterocycles. The minimum absolute atomic E-state index is 0.538.